The normalized spacial score (nSPS) is 11.1. The van der Waals surface area contributed by atoms with E-state index in [0.717, 1.165) is 0 Å². The third-order valence-corrected chi connectivity index (χ3v) is 2.45. The third kappa shape index (κ3) is 1.79. The zero-order chi connectivity index (χ0) is 12.6. The van der Waals surface area contributed by atoms with Crippen LogP contribution in [0.15, 0.2) is 12.3 Å². The Morgan fingerprint density at radius 3 is 2.65 bits per heavy atom. The van der Waals surface area contributed by atoms with E-state index in [9.17, 15) is 4.79 Å². The van der Waals surface area contributed by atoms with Gasteiger partial charge in [-0.1, -0.05) is 5.21 Å². The highest BCUT2D eigenvalue weighted by Crippen LogP contribution is 2.24. The molecule has 0 amide bonds. The van der Waals surface area contributed by atoms with Gasteiger partial charge in [-0.25, -0.2) is 9.48 Å². The van der Waals surface area contributed by atoms with E-state index in [0.29, 0.717) is 11.4 Å². The molecule has 0 saturated heterocycles. The quantitative estimate of drug-likeness (QED) is 0.856. The SMILES string of the molecule is CC(C)n1nnc(C(=O)O)c1-c1ccnn1C. The van der Waals surface area contributed by atoms with Crippen LogP contribution in [0.3, 0.4) is 0 Å². The highest BCUT2D eigenvalue weighted by Gasteiger charge is 2.23. The Kier molecular flexibility index (Phi) is 2.66. The molecule has 0 aromatic carbocycles. The summed E-state index contributed by atoms with van der Waals surface area (Å²) in [6.07, 6.45) is 1.61. The summed E-state index contributed by atoms with van der Waals surface area (Å²) in [4.78, 5) is 11.1. The van der Waals surface area contributed by atoms with Crippen LogP contribution in [0.4, 0.5) is 0 Å². The number of nitrogens with zero attached hydrogens (tertiary/aromatic N) is 5. The van der Waals surface area contributed by atoms with Gasteiger partial charge in [-0.2, -0.15) is 5.10 Å². The molecule has 0 fully saturated rings. The summed E-state index contributed by atoms with van der Waals surface area (Å²) in [6, 6.07) is 1.77. The first-order valence-electron chi connectivity index (χ1n) is 5.19. The summed E-state index contributed by atoms with van der Waals surface area (Å²) in [5.41, 5.74) is 1.11. The highest BCUT2D eigenvalue weighted by molar-refractivity contribution is 5.92. The van der Waals surface area contributed by atoms with Gasteiger partial charge in [-0.15, -0.1) is 5.10 Å². The summed E-state index contributed by atoms with van der Waals surface area (Å²) < 4.78 is 3.18. The average Bonchev–Trinajstić information content (AvgIpc) is 2.82. The van der Waals surface area contributed by atoms with Crippen molar-refractivity contribution in [2.24, 2.45) is 7.05 Å². The number of aryl methyl sites for hydroxylation is 1. The van der Waals surface area contributed by atoms with Crippen LogP contribution in [0.5, 0.6) is 0 Å². The largest absolute Gasteiger partial charge is 0.476 e. The second-order valence-corrected chi connectivity index (χ2v) is 3.97. The van der Waals surface area contributed by atoms with E-state index < -0.39 is 5.97 Å². The zero-order valence-corrected chi connectivity index (χ0v) is 9.82. The molecule has 0 spiro atoms. The van der Waals surface area contributed by atoms with Gasteiger partial charge in [-0.05, 0) is 19.9 Å². The maximum Gasteiger partial charge on any atom is 0.358 e. The lowest BCUT2D eigenvalue weighted by atomic mass is 10.2. The first-order chi connectivity index (χ1) is 8.02. The number of hydrogen-bond acceptors (Lipinski definition) is 4. The number of hydrogen-bond donors (Lipinski definition) is 1. The molecule has 0 saturated carbocycles. The number of carboxylic acid groups (broad SMARTS) is 1. The van der Waals surface area contributed by atoms with E-state index in [1.165, 1.54) is 0 Å². The van der Waals surface area contributed by atoms with Gasteiger partial charge in [-0.3, -0.25) is 4.68 Å². The Hall–Kier alpha value is -2.18. The van der Waals surface area contributed by atoms with Crippen LogP contribution < -0.4 is 0 Å². The molecule has 2 aromatic rings. The van der Waals surface area contributed by atoms with Crippen LogP contribution in [0.1, 0.15) is 30.4 Å². The Labute approximate surface area is 97.7 Å². The van der Waals surface area contributed by atoms with Crippen LogP contribution >= 0.6 is 0 Å². The van der Waals surface area contributed by atoms with E-state index in [4.69, 9.17) is 5.11 Å². The summed E-state index contributed by atoms with van der Waals surface area (Å²) in [7, 11) is 1.75. The lowest BCUT2D eigenvalue weighted by Crippen LogP contribution is -2.09. The van der Waals surface area contributed by atoms with E-state index in [-0.39, 0.29) is 11.7 Å². The second-order valence-electron chi connectivity index (χ2n) is 3.97. The highest BCUT2D eigenvalue weighted by atomic mass is 16.4. The molecule has 7 heteroatoms. The summed E-state index contributed by atoms with van der Waals surface area (Å²) >= 11 is 0. The zero-order valence-electron chi connectivity index (χ0n) is 9.82. The second kappa shape index (κ2) is 4.00. The minimum absolute atomic E-state index is 0.0282. The van der Waals surface area contributed by atoms with Crippen molar-refractivity contribution in [1.29, 1.82) is 0 Å². The van der Waals surface area contributed by atoms with Crippen molar-refractivity contribution in [2.45, 2.75) is 19.9 Å². The third-order valence-electron chi connectivity index (χ3n) is 2.45. The lowest BCUT2D eigenvalue weighted by molar-refractivity contribution is 0.0691. The monoisotopic (exact) mass is 235 g/mol. The summed E-state index contributed by atoms with van der Waals surface area (Å²) in [6.45, 7) is 3.83. The van der Waals surface area contributed by atoms with Crippen molar-refractivity contribution in [3.05, 3.63) is 18.0 Å². The predicted octanol–water partition coefficient (Wildman–Crippen LogP) is 0.958. The van der Waals surface area contributed by atoms with Crippen molar-refractivity contribution < 1.29 is 9.90 Å². The van der Waals surface area contributed by atoms with Gasteiger partial charge >= 0.3 is 5.97 Å². The fourth-order valence-corrected chi connectivity index (χ4v) is 1.64. The van der Waals surface area contributed by atoms with Crippen LogP contribution in [-0.4, -0.2) is 35.9 Å². The van der Waals surface area contributed by atoms with E-state index in [1.807, 2.05) is 13.8 Å². The minimum atomic E-state index is -1.09. The standard InChI is InChI=1S/C10H13N5O2/c1-6(2)15-9(7-4-5-11-14(7)3)8(10(16)17)12-13-15/h4-6H,1-3H3,(H,16,17). The van der Waals surface area contributed by atoms with E-state index in [2.05, 4.69) is 15.4 Å². The molecule has 0 atom stereocenters. The molecule has 2 aromatic heterocycles. The van der Waals surface area contributed by atoms with Crippen molar-refractivity contribution in [1.82, 2.24) is 24.8 Å². The average molecular weight is 235 g/mol. The van der Waals surface area contributed by atoms with Crippen LogP contribution in [0.2, 0.25) is 0 Å². The smallest absolute Gasteiger partial charge is 0.358 e. The van der Waals surface area contributed by atoms with E-state index in [1.54, 1.807) is 28.7 Å². The summed E-state index contributed by atoms with van der Waals surface area (Å²) in [5, 5.41) is 20.7. The molecule has 0 aliphatic rings. The maximum atomic E-state index is 11.1. The fourth-order valence-electron chi connectivity index (χ4n) is 1.64. The molecule has 0 radical (unpaired) electrons. The molecule has 0 unspecified atom stereocenters. The van der Waals surface area contributed by atoms with Gasteiger partial charge < -0.3 is 5.11 Å². The maximum absolute atomic E-state index is 11.1. The molecule has 7 nitrogen and oxygen atoms in total. The molecule has 0 aliphatic heterocycles. The molecule has 2 heterocycles. The first kappa shape index (κ1) is 11.3. The van der Waals surface area contributed by atoms with Crippen LogP contribution in [0.25, 0.3) is 11.4 Å². The van der Waals surface area contributed by atoms with Crippen molar-refractivity contribution in [3.8, 4) is 11.4 Å². The van der Waals surface area contributed by atoms with Crippen LogP contribution in [-0.2, 0) is 7.05 Å². The van der Waals surface area contributed by atoms with Gasteiger partial charge in [0.25, 0.3) is 0 Å². The molecular weight excluding hydrogens is 222 g/mol. The topological polar surface area (TPSA) is 85.8 Å². The van der Waals surface area contributed by atoms with Crippen molar-refractivity contribution in [3.63, 3.8) is 0 Å². The number of aromatic carboxylic acids is 1. The van der Waals surface area contributed by atoms with Crippen molar-refractivity contribution in [2.75, 3.05) is 0 Å². The van der Waals surface area contributed by atoms with Gasteiger partial charge in [0.2, 0.25) is 0 Å². The fraction of sp³-hybridized carbons (Fsp3) is 0.400. The molecule has 2 rings (SSSR count). The molecule has 90 valence electrons. The van der Waals surface area contributed by atoms with Gasteiger partial charge in [0.1, 0.15) is 5.69 Å². The Balaban J connectivity index is 2.69. The Bertz CT molecular complexity index is 555. The van der Waals surface area contributed by atoms with Gasteiger partial charge in [0, 0.05) is 19.3 Å². The summed E-state index contributed by atoms with van der Waals surface area (Å²) in [5.74, 6) is -1.09. The molecule has 1 N–H and O–H groups in total. The minimum Gasteiger partial charge on any atom is -0.476 e. The number of carbonyl (C=O) groups is 1. The Morgan fingerprint density at radius 1 is 1.47 bits per heavy atom. The first-order valence-corrected chi connectivity index (χ1v) is 5.19. The Morgan fingerprint density at radius 2 is 2.18 bits per heavy atom. The molecule has 0 aliphatic carbocycles. The van der Waals surface area contributed by atoms with Gasteiger partial charge in [0.05, 0.1) is 5.69 Å². The van der Waals surface area contributed by atoms with Gasteiger partial charge in [0.15, 0.2) is 5.69 Å². The molecule has 0 bridgehead atoms. The molecular formula is C10H13N5O2. The number of carboxylic acids is 1. The predicted molar refractivity (Wildman–Crippen MR) is 59.6 cm³/mol. The number of aromatic nitrogens is 5. The van der Waals surface area contributed by atoms with Crippen LogP contribution in [0, 0.1) is 0 Å². The van der Waals surface area contributed by atoms with E-state index >= 15 is 0 Å². The van der Waals surface area contributed by atoms with Crippen molar-refractivity contribution >= 4 is 5.97 Å². The number of rotatable bonds is 3. The lowest BCUT2D eigenvalue weighted by Gasteiger charge is -2.10. The molecule has 17 heavy (non-hydrogen) atoms.